The van der Waals surface area contributed by atoms with E-state index in [4.69, 9.17) is 14.2 Å². The summed E-state index contributed by atoms with van der Waals surface area (Å²) in [6.45, 7) is 1.38. The van der Waals surface area contributed by atoms with Gasteiger partial charge in [-0.05, 0) is 35.4 Å². The summed E-state index contributed by atoms with van der Waals surface area (Å²) < 4.78 is 15.5. The molecule has 0 spiro atoms. The summed E-state index contributed by atoms with van der Waals surface area (Å²) in [5, 5.41) is 0. The molecule has 2 rings (SSSR count). The largest absolute Gasteiger partial charge is 0.497 e. The third-order valence-electron chi connectivity index (χ3n) is 2.98. The van der Waals surface area contributed by atoms with Gasteiger partial charge in [-0.2, -0.15) is 0 Å². The molecule has 0 saturated heterocycles. The minimum absolute atomic E-state index is 0.327. The second-order valence-corrected chi connectivity index (χ2v) is 4.64. The van der Waals surface area contributed by atoms with E-state index in [0.717, 1.165) is 22.6 Å². The summed E-state index contributed by atoms with van der Waals surface area (Å²) in [5.74, 6) is 1.69. The molecule has 0 aromatic heterocycles. The second-order valence-electron chi connectivity index (χ2n) is 4.64. The van der Waals surface area contributed by atoms with E-state index in [1.807, 2.05) is 42.5 Å². The van der Waals surface area contributed by atoms with Gasteiger partial charge in [0.1, 0.15) is 17.2 Å². The van der Waals surface area contributed by atoms with Crippen LogP contribution in [0.3, 0.4) is 0 Å². The van der Waals surface area contributed by atoms with Crippen LogP contribution in [0.4, 0.5) is 0 Å². The van der Waals surface area contributed by atoms with Gasteiger partial charge in [-0.15, -0.1) is 0 Å². The minimum Gasteiger partial charge on any atom is -0.497 e. The average Bonchev–Trinajstić information content (AvgIpc) is 2.53. The normalized spacial score (nSPS) is 10.5. The number of rotatable bonds is 5. The highest BCUT2D eigenvalue weighted by atomic mass is 16.5. The fourth-order valence-electron chi connectivity index (χ4n) is 1.93. The standard InChI is InChI=1S/C18H18O4/c1-13(19)22-16-8-6-14(7-9-16)4-5-15-10-17(20-2)12-18(11-15)21-3/h4-12H,1-3H3. The topological polar surface area (TPSA) is 44.8 Å². The molecule has 0 aliphatic rings. The second kappa shape index (κ2) is 7.31. The molecule has 0 saturated carbocycles. The molecule has 4 nitrogen and oxygen atoms in total. The Bertz CT molecular complexity index is 650. The first-order chi connectivity index (χ1) is 10.6. The van der Waals surface area contributed by atoms with Crippen LogP contribution in [-0.4, -0.2) is 20.2 Å². The van der Waals surface area contributed by atoms with E-state index < -0.39 is 0 Å². The molecule has 0 fully saturated rings. The first kappa shape index (κ1) is 15.6. The third-order valence-corrected chi connectivity index (χ3v) is 2.98. The van der Waals surface area contributed by atoms with E-state index in [0.29, 0.717) is 5.75 Å². The van der Waals surface area contributed by atoms with Gasteiger partial charge < -0.3 is 14.2 Å². The maximum atomic E-state index is 10.9. The third kappa shape index (κ3) is 4.38. The van der Waals surface area contributed by atoms with Gasteiger partial charge in [0.25, 0.3) is 0 Å². The van der Waals surface area contributed by atoms with Gasteiger partial charge in [0, 0.05) is 13.0 Å². The van der Waals surface area contributed by atoms with Crippen molar-refractivity contribution in [2.75, 3.05) is 14.2 Å². The summed E-state index contributed by atoms with van der Waals surface area (Å²) in [7, 11) is 3.24. The first-order valence-electron chi connectivity index (χ1n) is 6.80. The molecule has 0 unspecified atom stereocenters. The Kier molecular flexibility index (Phi) is 5.20. The predicted molar refractivity (Wildman–Crippen MR) is 86.2 cm³/mol. The highest BCUT2D eigenvalue weighted by molar-refractivity contribution is 5.72. The fraction of sp³-hybridized carbons (Fsp3) is 0.167. The monoisotopic (exact) mass is 298 g/mol. The van der Waals surface area contributed by atoms with Gasteiger partial charge >= 0.3 is 5.97 Å². The Morgan fingerprint density at radius 1 is 0.818 bits per heavy atom. The molecular formula is C18H18O4. The SMILES string of the molecule is COc1cc(C=Cc2ccc(OC(C)=O)cc2)cc(OC)c1. The Balaban J connectivity index is 2.15. The molecule has 0 aliphatic carbocycles. The van der Waals surface area contributed by atoms with Crippen LogP contribution in [0.2, 0.25) is 0 Å². The molecule has 22 heavy (non-hydrogen) atoms. The molecule has 4 heteroatoms. The van der Waals surface area contributed by atoms with E-state index in [-0.39, 0.29) is 5.97 Å². The van der Waals surface area contributed by atoms with Crippen molar-refractivity contribution in [3.8, 4) is 17.2 Å². The van der Waals surface area contributed by atoms with Gasteiger partial charge in [0.15, 0.2) is 0 Å². The van der Waals surface area contributed by atoms with Crippen LogP contribution in [0.25, 0.3) is 12.2 Å². The zero-order valence-corrected chi connectivity index (χ0v) is 12.8. The molecular weight excluding hydrogens is 280 g/mol. The van der Waals surface area contributed by atoms with Crippen molar-refractivity contribution in [3.63, 3.8) is 0 Å². The van der Waals surface area contributed by atoms with Gasteiger partial charge in [-0.25, -0.2) is 0 Å². The number of ether oxygens (including phenoxy) is 3. The van der Waals surface area contributed by atoms with Crippen molar-refractivity contribution in [2.24, 2.45) is 0 Å². The summed E-state index contributed by atoms with van der Waals surface area (Å²) in [6, 6.07) is 12.9. The lowest BCUT2D eigenvalue weighted by Gasteiger charge is -2.06. The lowest BCUT2D eigenvalue weighted by molar-refractivity contribution is -0.131. The molecule has 0 radical (unpaired) electrons. The van der Waals surface area contributed by atoms with Gasteiger partial charge in [-0.1, -0.05) is 24.3 Å². The van der Waals surface area contributed by atoms with Crippen molar-refractivity contribution in [3.05, 3.63) is 53.6 Å². The Morgan fingerprint density at radius 2 is 1.36 bits per heavy atom. The number of methoxy groups -OCH3 is 2. The van der Waals surface area contributed by atoms with Crippen LogP contribution < -0.4 is 14.2 Å². The van der Waals surface area contributed by atoms with E-state index in [1.54, 1.807) is 26.4 Å². The summed E-state index contributed by atoms with van der Waals surface area (Å²) in [4.78, 5) is 10.9. The fourth-order valence-corrected chi connectivity index (χ4v) is 1.93. The number of benzene rings is 2. The molecule has 0 aliphatic heterocycles. The number of carbonyl (C=O) groups excluding carboxylic acids is 1. The zero-order chi connectivity index (χ0) is 15.9. The molecule has 2 aromatic rings. The zero-order valence-electron chi connectivity index (χ0n) is 12.8. The summed E-state index contributed by atoms with van der Waals surface area (Å²) >= 11 is 0. The molecule has 0 bridgehead atoms. The smallest absolute Gasteiger partial charge is 0.308 e. The quantitative estimate of drug-likeness (QED) is 0.478. The Morgan fingerprint density at radius 3 is 1.86 bits per heavy atom. The van der Waals surface area contributed by atoms with Crippen LogP contribution >= 0.6 is 0 Å². The lowest BCUT2D eigenvalue weighted by atomic mass is 10.1. The number of hydrogen-bond acceptors (Lipinski definition) is 4. The van der Waals surface area contributed by atoms with Crippen molar-refractivity contribution >= 4 is 18.1 Å². The van der Waals surface area contributed by atoms with Crippen molar-refractivity contribution in [1.29, 1.82) is 0 Å². The molecule has 0 heterocycles. The minimum atomic E-state index is -0.327. The van der Waals surface area contributed by atoms with Gasteiger partial charge in [-0.3, -0.25) is 4.79 Å². The highest BCUT2D eigenvalue weighted by Gasteiger charge is 2.00. The molecule has 114 valence electrons. The number of hydrogen-bond donors (Lipinski definition) is 0. The van der Waals surface area contributed by atoms with Crippen molar-refractivity contribution in [2.45, 2.75) is 6.92 Å². The van der Waals surface area contributed by atoms with E-state index in [9.17, 15) is 4.79 Å². The van der Waals surface area contributed by atoms with Crippen molar-refractivity contribution in [1.82, 2.24) is 0 Å². The molecule has 0 N–H and O–H groups in total. The first-order valence-corrected chi connectivity index (χ1v) is 6.80. The molecule has 0 amide bonds. The van der Waals surface area contributed by atoms with Crippen LogP contribution in [-0.2, 0) is 4.79 Å². The van der Waals surface area contributed by atoms with Gasteiger partial charge in [0.2, 0.25) is 0 Å². The Labute approximate surface area is 129 Å². The summed E-state index contributed by atoms with van der Waals surface area (Å²) in [5.41, 5.74) is 1.97. The summed E-state index contributed by atoms with van der Waals surface area (Å²) in [6.07, 6.45) is 3.93. The van der Waals surface area contributed by atoms with E-state index >= 15 is 0 Å². The maximum Gasteiger partial charge on any atom is 0.308 e. The van der Waals surface area contributed by atoms with Crippen LogP contribution in [0, 0.1) is 0 Å². The van der Waals surface area contributed by atoms with Crippen LogP contribution in [0.5, 0.6) is 17.2 Å². The predicted octanol–water partition coefficient (Wildman–Crippen LogP) is 3.80. The van der Waals surface area contributed by atoms with E-state index in [2.05, 4.69) is 0 Å². The van der Waals surface area contributed by atoms with Crippen LogP contribution in [0.1, 0.15) is 18.1 Å². The highest BCUT2D eigenvalue weighted by Crippen LogP contribution is 2.24. The maximum absolute atomic E-state index is 10.9. The average molecular weight is 298 g/mol. The van der Waals surface area contributed by atoms with E-state index in [1.165, 1.54) is 6.92 Å². The van der Waals surface area contributed by atoms with Gasteiger partial charge in [0.05, 0.1) is 14.2 Å². The van der Waals surface area contributed by atoms with Crippen molar-refractivity contribution < 1.29 is 19.0 Å². The number of carbonyl (C=O) groups is 1. The lowest BCUT2D eigenvalue weighted by Crippen LogP contribution is -2.00. The molecule has 2 aromatic carbocycles. The van der Waals surface area contributed by atoms with Crippen LogP contribution in [0.15, 0.2) is 42.5 Å². The number of esters is 1. The Hall–Kier alpha value is -2.75. The molecule has 0 atom stereocenters.